The largest absolute Gasteiger partial charge is 0.354 e. The van der Waals surface area contributed by atoms with Crippen LogP contribution < -0.4 is 10.9 Å². The Labute approximate surface area is 169 Å². The minimum atomic E-state index is -0.196. The molecule has 0 aliphatic carbocycles. The lowest BCUT2D eigenvalue weighted by Crippen LogP contribution is -2.33. The molecule has 4 aromatic rings. The Balaban J connectivity index is 1.42. The van der Waals surface area contributed by atoms with Crippen molar-refractivity contribution in [1.82, 2.24) is 24.4 Å². The van der Waals surface area contributed by atoms with Gasteiger partial charge in [-0.25, -0.2) is 9.97 Å². The van der Waals surface area contributed by atoms with Crippen molar-refractivity contribution in [2.45, 2.75) is 26.4 Å². The molecule has 144 valence electrons. The van der Waals surface area contributed by atoms with Crippen LogP contribution in [0.4, 0.5) is 0 Å². The smallest absolute Gasteiger partial charge is 0.263 e. The number of hydrogen-bond donors (Lipinski definition) is 1. The van der Waals surface area contributed by atoms with Crippen LogP contribution >= 0.6 is 22.7 Å². The fourth-order valence-corrected chi connectivity index (χ4v) is 4.74. The fourth-order valence-electron chi connectivity index (χ4n) is 3.02. The van der Waals surface area contributed by atoms with E-state index in [1.165, 1.54) is 22.2 Å². The third-order valence-electron chi connectivity index (χ3n) is 4.48. The van der Waals surface area contributed by atoms with Crippen molar-refractivity contribution in [2.24, 2.45) is 0 Å². The number of nitrogens with one attached hydrogen (secondary N) is 1. The molecule has 4 heterocycles. The summed E-state index contributed by atoms with van der Waals surface area (Å²) >= 11 is 3.03. The van der Waals surface area contributed by atoms with E-state index in [-0.39, 0.29) is 18.0 Å². The standard InChI is InChI=1S/C19H19N5O2S2/c1-13-20-6-8-23(13)7-3-5-21-16(25)10-24-12-22-18-17(19(24)26)14(11-28-18)15-4-2-9-27-15/h2,4,6,8-9,11-12H,3,5,7,10H2,1H3,(H,21,25). The molecule has 0 aliphatic heterocycles. The summed E-state index contributed by atoms with van der Waals surface area (Å²) in [6.45, 7) is 3.24. The number of carbonyl (C=O) groups is 1. The van der Waals surface area contributed by atoms with Crippen LogP contribution in [0.1, 0.15) is 12.2 Å². The molecule has 0 aliphatic rings. The van der Waals surface area contributed by atoms with Crippen LogP contribution in [0, 0.1) is 6.92 Å². The zero-order valence-corrected chi connectivity index (χ0v) is 16.9. The number of fused-ring (bicyclic) bond motifs is 1. The highest BCUT2D eigenvalue weighted by Gasteiger charge is 2.15. The highest BCUT2D eigenvalue weighted by atomic mass is 32.1. The van der Waals surface area contributed by atoms with E-state index >= 15 is 0 Å². The van der Waals surface area contributed by atoms with Gasteiger partial charge in [0.05, 0.1) is 11.7 Å². The summed E-state index contributed by atoms with van der Waals surface area (Å²) < 4.78 is 3.42. The second kappa shape index (κ2) is 8.07. The van der Waals surface area contributed by atoms with Crippen molar-refractivity contribution in [3.8, 4) is 10.4 Å². The maximum absolute atomic E-state index is 12.9. The molecular weight excluding hydrogens is 394 g/mol. The summed E-state index contributed by atoms with van der Waals surface area (Å²) in [5.74, 6) is 0.757. The van der Waals surface area contributed by atoms with E-state index in [0.29, 0.717) is 16.8 Å². The van der Waals surface area contributed by atoms with Crippen LogP contribution in [0.3, 0.4) is 0 Å². The minimum absolute atomic E-state index is 0.0361. The van der Waals surface area contributed by atoms with Gasteiger partial charge < -0.3 is 9.88 Å². The highest BCUT2D eigenvalue weighted by molar-refractivity contribution is 7.18. The number of thiophene rings is 2. The van der Waals surface area contributed by atoms with Crippen LogP contribution in [0.15, 0.2) is 46.4 Å². The molecule has 0 fully saturated rings. The predicted molar refractivity (Wildman–Crippen MR) is 112 cm³/mol. The van der Waals surface area contributed by atoms with Crippen molar-refractivity contribution >= 4 is 38.8 Å². The van der Waals surface area contributed by atoms with Crippen molar-refractivity contribution in [3.05, 3.63) is 57.8 Å². The molecule has 0 saturated carbocycles. The lowest BCUT2D eigenvalue weighted by Gasteiger charge is -2.08. The average Bonchev–Trinajstić information content (AvgIpc) is 3.42. The number of hydrogen-bond acceptors (Lipinski definition) is 6. The van der Waals surface area contributed by atoms with Crippen LogP contribution in [0.2, 0.25) is 0 Å². The Morgan fingerprint density at radius 2 is 2.14 bits per heavy atom. The Kier molecular flexibility index (Phi) is 5.36. The normalized spacial score (nSPS) is 11.2. The van der Waals surface area contributed by atoms with E-state index < -0.39 is 0 Å². The van der Waals surface area contributed by atoms with E-state index in [9.17, 15) is 9.59 Å². The minimum Gasteiger partial charge on any atom is -0.354 e. The monoisotopic (exact) mass is 413 g/mol. The van der Waals surface area contributed by atoms with Gasteiger partial charge in [-0.15, -0.1) is 22.7 Å². The van der Waals surface area contributed by atoms with E-state index in [4.69, 9.17) is 0 Å². The van der Waals surface area contributed by atoms with Gasteiger partial charge >= 0.3 is 0 Å². The van der Waals surface area contributed by atoms with Crippen molar-refractivity contribution in [3.63, 3.8) is 0 Å². The Bertz CT molecular complexity index is 1160. The van der Waals surface area contributed by atoms with E-state index in [2.05, 4.69) is 15.3 Å². The fraction of sp³-hybridized carbons (Fsp3) is 0.263. The summed E-state index contributed by atoms with van der Waals surface area (Å²) in [6, 6.07) is 3.94. The molecule has 7 nitrogen and oxygen atoms in total. The number of nitrogens with zero attached hydrogens (tertiary/aromatic N) is 4. The van der Waals surface area contributed by atoms with Gasteiger partial charge in [0.15, 0.2) is 0 Å². The van der Waals surface area contributed by atoms with Gasteiger partial charge in [0.1, 0.15) is 17.2 Å². The van der Waals surface area contributed by atoms with Gasteiger partial charge in [-0.05, 0) is 24.8 Å². The van der Waals surface area contributed by atoms with Gasteiger partial charge in [0, 0.05) is 41.3 Å². The van der Waals surface area contributed by atoms with Gasteiger partial charge in [-0.2, -0.15) is 0 Å². The molecule has 9 heteroatoms. The first kappa shape index (κ1) is 18.6. The van der Waals surface area contributed by atoms with E-state index in [1.54, 1.807) is 17.5 Å². The maximum Gasteiger partial charge on any atom is 0.263 e. The summed E-state index contributed by atoms with van der Waals surface area (Å²) in [5, 5.41) is 7.38. The molecular formula is C19H19N5O2S2. The van der Waals surface area contributed by atoms with Crippen molar-refractivity contribution in [2.75, 3.05) is 6.54 Å². The third kappa shape index (κ3) is 3.76. The third-order valence-corrected chi connectivity index (χ3v) is 6.27. The first-order valence-electron chi connectivity index (χ1n) is 8.88. The molecule has 0 aromatic carbocycles. The number of rotatable bonds is 7. The van der Waals surface area contributed by atoms with Gasteiger partial charge in [0.2, 0.25) is 5.91 Å². The summed E-state index contributed by atoms with van der Waals surface area (Å²) in [6.07, 6.45) is 5.93. The lowest BCUT2D eigenvalue weighted by atomic mass is 10.2. The number of carbonyl (C=O) groups excluding carboxylic acids is 1. The predicted octanol–water partition coefficient (Wildman–Crippen LogP) is 2.90. The molecule has 0 atom stereocenters. The number of amides is 1. The molecule has 0 spiro atoms. The average molecular weight is 414 g/mol. The number of aryl methyl sites for hydroxylation is 2. The van der Waals surface area contributed by atoms with Crippen LogP contribution in [0.25, 0.3) is 20.7 Å². The molecule has 0 unspecified atom stereocenters. The molecule has 0 saturated heterocycles. The van der Waals surface area contributed by atoms with Gasteiger partial charge in [0.25, 0.3) is 5.56 Å². The van der Waals surface area contributed by atoms with Gasteiger partial charge in [-0.3, -0.25) is 14.2 Å². The molecule has 0 bridgehead atoms. The number of aromatic nitrogens is 4. The molecule has 0 radical (unpaired) electrons. The first-order valence-corrected chi connectivity index (χ1v) is 10.6. The first-order chi connectivity index (χ1) is 13.6. The van der Waals surface area contributed by atoms with E-state index in [1.807, 2.05) is 40.6 Å². The SMILES string of the molecule is Cc1nccn1CCCNC(=O)Cn1cnc2scc(-c3cccs3)c2c1=O. The zero-order chi connectivity index (χ0) is 19.5. The van der Waals surface area contributed by atoms with E-state index in [0.717, 1.165) is 29.2 Å². The summed E-state index contributed by atoms with van der Waals surface area (Å²) in [5.41, 5.74) is 0.705. The molecule has 4 aromatic heterocycles. The molecule has 1 N–H and O–H groups in total. The van der Waals surface area contributed by atoms with Gasteiger partial charge in [-0.1, -0.05) is 6.07 Å². The Morgan fingerprint density at radius 3 is 2.89 bits per heavy atom. The zero-order valence-electron chi connectivity index (χ0n) is 15.3. The number of imidazole rings is 1. The second-order valence-corrected chi connectivity index (χ2v) is 8.16. The molecule has 1 amide bonds. The lowest BCUT2D eigenvalue weighted by molar-refractivity contribution is -0.121. The van der Waals surface area contributed by atoms with Crippen LogP contribution in [-0.2, 0) is 17.9 Å². The molecule has 28 heavy (non-hydrogen) atoms. The molecule has 4 rings (SSSR count). The quantitative estimate of drug-likeness (QED) is 0.472. The van der Waals surface area contributed by atoms with Crippen molar-refractivity contribution in [1.29, 1.82) is 0 Å². The highest BCUT2D eigenvalue weighted by Crippen LogP contribution is 2.33. The summed E-state index contributed by atoms with van der Waals surface area (Å²) in [7, 11) is 0. The van der Waals surface area contributed by atoms with Crippen LogP contribution in [-0.4, -0.2) is 31.6 Å². The Morgan fingerprint density at radius 1 is 1.25 bits per heavy atom. The second-order valence-electron chi connectivity index (χ2n) is 6.36. The Hall–Kier alpha value is -2.78. The topological polar surface area (TPSA) is 81.8 Å². The van der Waals surface area contributed by atoms with Crippen LogP contribution in [0.5, 0.6) is 0 Å². The summed E-state index contributed by atoms with van der Waals surface area (Å²) in [4.78, 5) is 35.4. The maximum atomic E-state index is 12.9. The van der Waals surface area contributed by atoms with Crippen molar-refractivity contribution < 1.29 is 4.79 Å².